The maximum absolute atomic E-state index is 8.66. The first-order chi connectivity index (χ1) is 5.70. The fraction of sp³-hybridized carbons (Fsp3) is 0.500. The lowest BCUT2D eigenvalue weighted by molar-refractivity contribution is -0.0473. The third kappa shape index (κ3) is 2.65. The van der Waals surface area contributed by atoms with Gasteiger partial charge in [-0.05, 0) is 17.8 Å². The van der Waals surface area contributed by atoms with Gasteiger partial charge in [0.25, 0.3) is 0 Å². The highest BCUT2D eigenvalue weighted by Gasteiger charge is 2.12. The molecular weight excluding hydrogens is 156 g/mol. The van der Waals surface area contributed by atoms with Gasteiger partial charge in [0.2, 0.25) is 0 Å². The summed E-state index contributed by atoms with van der Waals surface area (Å²) in [5.41, 5.74) is 6.68. The Labute approximate surface area is 71.4 Å². The molecule has 0 bridgehead atoms. The molecule has 0 aromatic rings. The predicted molar refractivity (Wildman–Crippen MR) is 46.0 cm³/mol. The van der Waals surface area contributed by atoms with Gasteiger partial charge < -0.3 is 21.3 Å². The molecule has 0 radical (unpaired) electrons. The van der Waals surface area contributed by atoms with E-state index < -0.39 is 6.29 Å². The Morgan fingerprint density at radius 3 is 2.83 bits per heavy atom. The first kappa shape index (κ1) is 9.25. The number of aliphatic hydroxyl groups excluding tert-OH is 1. The fourth-order valence-corrected chi connectivity index (χ4v) is 1.11. The second-order valence-corrected chi connectivity index (χ2v) is 2.80. The van der Waals surface area contributed by atoms with Crippen molar-refractivity contribution in [2.75, 3.05) is 6.54 Å². The van der Waals surface area contributed by atoms with Crippen LogP contribution in [0.1, 0.15) is 6.42 Å². The highest BCUT2D eigenvalue weighted by Crippen LogP contribution is 2.07. The van der Waals surface area contributed by atoms with Gasteiger partial charge >= 0.3 is 0 Å². The summed E-state index contributed by atoms with van der Waals surface area (Å²) < 4.78 is 0. The molecule has 0 amide bonds. The van der Waals surface area contributed by atoms with E-state index in [2.05, 4.69) is 5.32 Å². The summed E-state index contributed by atoms with van der Waals surface area (Å²) in [6, 6.07) is -0.276. The van der Waals surface area contributed by atoms with Crippen LogP contribution < -0.4 is 11.1 Å². The minimum Gasteiger partial charge on any atom is -0.387 e. The molecule has 4 heteroatoms. The molecule has 12 heavy (non-hydrogen) atoms. The molecule has 1 atom stereocenters. The summed E-state index contributed by atoms with van der Waals surface area (Å²) in [6.07, 6.45) is 4.42. The Balaban J connectivity index is 2.45. The molecule has 0 aromatic heterocycles. The quantitative estimate of drug-likeness (QED) is 0.412. The number of nitrogens with two attached hydrogens (primary N) is 1. The van der Waals surface area contributed by atoms with Crippen LogP contribution in [0.25, 0.3) is 0 Å². The highest BCUT2D eigenvalue weighted by molar-refractivity contribution is 5.22. The Kier molecular flexibility index (Phi) is 3.28. The van der Waals surface area contributed by atoms with E-state index in [9.17, 15) is 0 Å². The minimum absolute atomic E-state index is 0.182. The monoisotopic (exact) mass is 170 g/mol. The highest BCUT2D eigenvalue weighted by atomic mass is 16.5. The van der Waals surface area contributed by atoms with Crippen molar-refractivity contribution in [3.8, 4) is 0 Å². The van der Waals surface area contributed by atoms with Gasteiger partial charge in [0, 0.05) is 19.0 Å². The Bertz CT molecular complexity index is 199. The van der Waals surface area contributed by atoms with Gasteiger partial charge in [-0.2, -0.15) is 0 Å². The molecule has 0 aromatic carbocycles. The van der Waals surface area contributed by atoms with Crippen LogP contribution in [-0.4, -0.2) is 29.1 Å². The van der Waals surface area contributed by atoms with Crippen molar-refractivity contribution in [1.29, 1.82) is 0 Å². The normalized spacial score (nSPS) is 18.8. The number of nitrogens with one attached hydrogen (secondary N) is 1. The zero-order valence-corrected chi connectivity index (χ0v) is 6.77. The number of dihydropyridines is 1. The van der Waals surface area contributed by atoms with E-state index >= 15 is 0 Å². The molecule has 0 saturated carbocycles. The van der Waals surface area contributed by atoms with Crippen molar-refractivity contribution in [2.24, 2.45) is 5.73 Å². The molecule has 1 aliphatic heterocycles. The van der Waals surface area contributed by atoms with Crippen LogP contribution in [0.15, 0.2) is 23.9 Å². The van der Waals surface area contributed by atoms with Crippen LogP contribution in [0.5, 0.6) is 0 Å². The van der Waals surface area contributed by atoms with Crippen molar-refractivity contribution < 1.29 is 10.2 Å². The number of allylic oxidation sites excluding steroid dienone is 2. The summed E-state index contributed by atoms with van der Waals surface area (Å²) in [5, 5.41) is 20.3. The van der Waals surface area contributed by atoms with Crippen molar-refractivity contribution in [3.05, 3.63) is 23.9 Å². The molecule has 0 aliphatic carbocycles. The maximum atomic E-state index is 8.66. The SMILES string of the molecule is NC(CC(O)O)C1=CC=CNC1. The van der Waals surface area contributed by atoms with Crippen LogP contribution in [0.2, 0.25) is 0 Å². The summed E-state index contributed by atoms with van der Waals surface area (Å²) in [7, 11) is 0. The van der Waals surface area contributed by atoms with Gasteiger partial charge in [0.15, 0.2) is 6.29 Å². The summed E-state index contributed by atoms with van der Waals surface area (Å²) in [5.74, 6) is 0. The van der Waals surface area contributed by atoms with Crippen molar-refractivity contribution in [3.63, 3.8) is 0 Å². The van der Waals surface area contributed by atoms with Crippen LogP contribution >= 0.6 is 0 Å². The summed E-state index contributed by atoms with van der Waals surface area (Å²) in [4.78, 5) is 0. The number of aliphatic hydroxyl groups is 2. The van der Waals surface area contributed by atoms with Crippen LogP contribution in [0.3, 0.4) is 0 Å². The molecule has 68 valence electrons. The zero-order valence-electron chi connectivity index (χ0n) is 6.77. The molecule has 1 heterocycles. The standard InChI is InChI=1S/C8H14N2O2/c9-7(4-8(11)12)6-2-1-3-10-5-6/h1-3,7-8,10-12H,4-5,9H2. The van der Waals surface area contributed by atoms with E-state index in [0.29, 0.717) is 6.54 Å². The molecule has 0 fully saturated rings. The second-order valence-electron chi connectivity index (χ2n) is 2.80. The third-order valence-electron chi connectivity index (χ3n) is 1.77. The van der Waals surface area contributed by atoms with Gasteiger partial charge in [-0.15, -0.1) is 0 Å². The van der Waals surface area contributed by atoms with E-state index in [4.69, 9.17) is 15.9 Å². The lowest BCUT2D eigenvalue weighted by Gasteiger charge is -2.18. The Morgan fingerprint density at radius 2 is 2.33 bits per heavy atom. The molecule has 0 spiro atoms. The van der Waals surface area contributed by atoms with Crippen LogP contribution in [0.4, 0.5) is 0 Å². The third-order valence-corrected chi connectivity index (χ3v) is 1.77. The number of hydrogen-bond acceptors (Lipinski definition) is 4. The average molecular weight is 170 g/mol. The number of rotatable bonds is 3. The maximum Gasteiger partial charge on any atom is 0.153 e. The smallest absolute Gasteiger partial charge is 0.153 e. The van der Waals surface area contributed by atoms with Gasteiger partial charge in [0.1, 0.15) is 0 Å². The summed E-state index contributed by atoms with van der Waals surface area (Å²) >= 11 is 0. The van der Waals surface area contributed by atoms with Gasteiger partial charge in [-0.1, -0.05) is 6.08 Å². The lowest BCUT2D eigenvalue weighted by Crippen LogP contribution is -2.32. The van der Waals surface area contributed by atoms with Crippen LogP contribution in [-0.2, 0) is 0 Å². The molecule has 1 unspecified atom stereocenters. The molecule has 0 saturated heterocycles. The molecule has 1 rings (SSSR count). The van der Waals surface area contributed by atoms with E-state index in [0.717, 1.165) is 5.57 Å². The van der Waals surface area contributed by atoms with Gasteiger partial charge in [0.05, 0.1) is 0 Å². The van der Waals surface area contributed by atoms with E-state index in [-0.39, 0.29) is 12.5 Å². The second kappa shape index (κ2) is 4.25. The van der Waals surface area contributed by atoms with Crippen molar-refractivity contribution in [2.45, 2.75) is 18.8 Å². The minimum atomic E-state index is -1.33. The van der Waals surface area contributed by atoms with E-state index in [1.54, 1.807) is 0 Å². The molecule has 1 aliphatic rings. The van der Waals surface area contributed by atoms with Gasteiger partial charge in [-0.3, -0.25) is 0 Å². The molecular formula is C8H14N2O2. The first-order valence-electron chi connectivity index (χ1n) is 3.91. The summed E-state index contributed by atoms with van der Waals surface area (Å²) in [6.45, 7) is 0.685. The molecule has 5 N–H and O–H groups in total. The van der Waals surface area contributed by atoms with Crippen LogP contribution in [0, 0.1) is 0 Å². The van der Waals surface area contributed by atoms with Crippen molar-refractivity contribution in [1.82, 2.24) is 5.32 Å². The van der Waals surface area contributed by atoms with Crippen molar-refractivity contribution >= 4 is 0 Å². The number of hydrogen-bond donors (Lipinski definition) is 4. The lowest BCUT2D eigenvalue weighted by atomic mass is 10.0. The topological polar surface area (TPSA) is 78.5 Å². The van der Waals surface area contributed by atoms with E-state index in [1.807, 2.05) is 18.4 Å². The average Bonchev–Trinajstić information content (AvgIpc) is 2.05. The zero-order chi connectivity index (χ0) is 8.97. The molecule has 4 nitrogen and oxygen atoms in total. The largest absolute Gasteiger partial charge is 0.387 e. The predicted octanol–water partition coefficient (Wildman–Crippen LogP) is -0.942. The Morgan fingerprint density at radius 1 is 1.58 bits per heavy atom. The Hall–Kier alpha value is -0.840. The fourth-order valence-electron chi connectivity index (χ4n) is 1.11. The van der Waals surface area contributed by atoms with Gasteiger partial charge in [-0.25, -0.2) is 0 Å². The first-order valence-corrected chi connectivity index (χ1v) is 3.91. The van der Waals surface area contributed by atoms with E-state index in [1.165, 1.54) is 0 Å².